The molecular formula is C13H18ClNO2. The van der Waals surface area contributed by atoms with Crippen LogP contribution in [0.3, 0.4) is 0 Å². The van der Waals surface area contributed by atoms with E-state index >= 15 is 0 Å². The number of carbonyl (C=O) groups is 1. The average molecular weight is 256 g/mol. The minimum absolute atomic E-state index is 0.551. The minimum Gasteiger partial charge on any atom is -0.481 e. The van der Waals surface area contributed by atoms with E-state index in [9.17, 15) is 9.90 Å². The molecule has 1 rings (SSSR count). The van der Waals surface area contributed by atoms with Crippen LogP contribution in [0, 0.1) is 0 Å². The molecule has 0 spiro atoms. The summed E-state index contributed by atoms with van der Waals surface area (Å²) in [5.74, 6) is -0.818. The molecule has 0 aliphatic rings. The van der Waals surface area contributed by atoms with Crippen molar-refractivity contribution in [3.8, 4) is 0 Å². The van der Waals surface area contributed by atoms with Crippen LogP contribution in [-0.2, 0) is 10.2 Å². The van der Waals surface area contributed by atoms with Crippen LogP contribution < -0.4 is 0 Å². The van der Waals surface area contributed by atoms with Crippen LogP contribution in [0.15, 0.2) is 24.3 Å². The topological polar surface area (TPSA) is 40.5 Å². The first-order valence-electron chi connectivity index (χ1n) is 5.50. The minimum atomic E-state index is -0.894. The molecule has 0 radical (unpaired) electrons. The second kappa shape index (κ2) is 5.52. The zero-order chi connectivity index (χ0) is 13.1. The molecule has 0 heterocycles. The van der Waals surface area contributed by atoms with Crippen LogP contribution >= 0.6 is 11.6 Å². The standard InChI is InChI=1S/C13H18ClNO2/c1-13(12(16)17,7-8-15(2)3)10-5-4-6-11(14)9-10/h4-6,9H,7-8H2,1-3H3,(H,16,17). The Morgan fingerprint density at radius 2 is 2.12 bits per heavy atom. The van der Waals surface area contributed by atoms with Crippen LogP contribution in [0.2, 0.25) is 5.02 Å². The number of halogens is 1. The van der Waals surface area contributed by atoms with Crippen molar-refractivity contribution in [3.05, 3.63) is 34.9 Å². The van der Waals surface area contributed by atoms with E-state index in [0.717, 1.165) is 12.1 Å². The fraction of sp³-hybridized carbons (Fsp3) is 0.462. The SMILES string of the molecule is CN(C)CCC(C)(C(=O)O)c1cccc(Cl)c1. The van der Waals surface area contributed by atoms with Gasteiger partial charge in [0.1, 0.15) is 0 Å². The van der Waals surface area contributed by atoms with Gasteiger partial charge < -0.3 is 10.0 Å². The lowest BCUT2D eigenvalue weighted by Gasteiger charge is -2.27. The Morgan fingerprint density at radius 1 is 1.47 bits per heavy atom. The van der Waals surface area contributed by atoms with Gasteiger partial charge in [0.05, 0.1) is 5.41 Å². The third-order valence-electron chi connectivity index (χ3n) is 2.99. The maximum absolute atomic E-state index is 11.5. The smallest absolute Gasteiger partial charge is 0.313 e. The Morgan fingerprint density at radius 3 is 2.59 bits per heavy atom. The fourth-order valence-electron chi connectivity index (χ4n) is 1.65. The van der Waals surface area contributed by atoms with Crippen LogP contribution in [-0.4, -0.2) is 36.6 Å². The van der Waals surface area contributed by atoms with Crippen LogP contribution in [0.4, 0.5) is 0 Å². The Bertz CT molecular complexity index is 406. The van der Waals surface area contributed by atoms with Crippen molar-refractivity contribution in [2.24, 2.45) is 0 Å². The molecule has 1 unspecified atom stereocenters. The second-order valence-electron chi connectivity index (χ2n) is 4.70. The molecule has 0 fully saturated rings. The molecule has 1 atom stereocenters. The molecule has 0 saturated carbocycles. The van der Waals surface area contributed by atoms with Gasteiger partial charge in [0.15, 0.2) is 0 Å². The summed E-state index contributed by atoms with van der Waals surface area (Å²) in [5.41, 5.74) is -0.144. The highest BCUT2D eigenvalue weighted by Gasteiger charge is 2.34. The molecule has 94 valence electrons. The lowest BCUT2D eigenvalue weighted by molar-refractivity contribution is -0.143. The number of carboxylic acid groups (broad SMARTS) is 1. The highest BCUT2D eigenvalue weighted by atomic mass is 35.5. The number of hydrogen-bond acceptors (Lipinski definition) is 2. The van der Waals surface area contributed by atoms with E-state index in [4.69, 9.17) is 11.6 Å². The number of hydrogen-bond donors (Lipinski definition) is 1. The van der Waals surface area contributed by atoms with E-state index in [0.29, 0.717) is 11.4 Å². The van der Waals surface area contributed by atoms with Crippen molar-refractivity contribution in [1.82, 2.24) is 4.90 Å². The average Bonchev–Trinajstić information content (AvgIpc) is 2.25. The van der Waals surface area contributed by atoms with E-state index in [1.807, 2.05) is 25.1 Å². The van der Waals surface area contributed by atoms with Gasteiger partial charge in [-0.3, -0.25) is 4.79 Å². The van der Waals surface area contributed by atoms with Crippen LogP contribution in [0.1, 0.15) is 18.9 Å². The van der Waals surface area contributed by atoms with E-state index in [1.165, 1.54) is 0 Å². The maximum atomic E-state index is 11.5. The quantitative estimate of drug-likeness (QED) is 0.879. The largest absolute Gasteiger partial charge is 0.481 e. The van der Waals surface area contributed by atoms with Crippen molar-refractivity contribution >= 4 is 17.6 Å². The van der Waals surface area contributed by atoms with E-state index < -0.39 is 11.4 Å². The number of nitrogens with zero attached hydrogens (tertiary/aromatic N) is 1. The van der Waals surface area contributed by atoms with E-state index in [-0.39, 0.29) is 0 Å². The first-order chi connectivity index (χ1) is 7.86. The molecule has 0 bridgehead atoms. The monoisotopic (exact) mass is 255 g/mol. The molecule has 1 aromatic rings. The number of benzene rings is 1. The van der Waals surface area contributed by atoms with Gasteiger partial charge in [-0.2, -0.15) is 0 Å². The van der Waals surface area contributed by atoms with E-state index in [1.54, 1.807) is 25.1 Å². The first-order valence-corrected chi connectivity index (χ1v) is 5.88. The van der Waals surface area contributed by atoms with Crippen molar-refractivity contribution in [1.29, 1.82) is 0 Å². The van der Waals surface area contributed by atoms with Crippen molar-refractivity contribution in [2.45, 2.75) is 18.8 Å². The molecule has 0 saturated heterocycles. The summed E-state index contributed by atoms with van der Waals surface area (Å²) in [6, 6.07) is 7.08. The number of rotatable bonds is 5. The number of aliphatic carboxylic acids is 1. The summed E-state index contributed by atoms with van der Waals surface area (Å²) in [6.45, 7) is 2.46. The van der Waals surface area contributed by atoms with Gasteiger partial charge in [0, 0.05) is 5.02 Å². The summed E-state index contributed by atoms with van der Waals surface area (Å²) in [5, 5.41) is 10.00. The van der Waals surface area contributed by atoms with Gasteiger partial charge in [-0.15, -0.1) is 0 Å². The second-order valence-corrected chi connectivity index (χ2v) is 5.14. The van der Waals surface area contributed by atoms with Gasteiger partial charge in [-0.1, -0.05) is 23.7 Å². The summed E-state index contributed by atoms with van der Waals surface area (Å²) in [6.07, 6.45) is 0.551. The van der Waals surface area contributed by atoms with Gasteiger partial charge in [-0.05, 0) is 51.7 Å². The highest BCUT2D eigenvalue weighted by Crippen LogP contribution is 2.29. The molecule has 1 N–H and O–H groups in total. The lowest BCUT2D eigenvalue weighted by Crippen LogP contribution is -2.35. The zero-order valence-corrected chi connectivity index (χ0v) is 11.2. The van der Waals surface area contributed by atoms with Crippen molar-refractivity contribution < 1.29 is 9.90 Å². The van der Waals surface area contributed by atoms with E-state index in [2.05, 4.69) is 0 Å². The Kier molecular flexibility index (Phi) is 4.54. The van der Waals surface area contributed by atoms with Crippen LogP contribution in [0.5, 0.6) is 0 Å². The van der Waals surface area contributed by atoms with Gasteiger partial charge in [0.25, 0.3) is 0 Å². The highest BCUT2D eigenvalue weighted by molar-refractivity contribution is 6.30. The molecule has 4 heteroatoms. The summed E-state index contributed by atoms with van der Waals surface area (Å²) >= 11 is 5.91. The van der Waals surface area contributed by atoms with Gasteiger partial charge in [0.2, 0.25) is 0 Å². The predicted molar refractivity (Wildman–Crippen MR) is 69.6 cm³/mol. The molecule has 0 amide bonds. The third kappa shape index (κ3) is 3.45. The fourth-order valence-corrected chi connectivity index (χ4v) is 1.84. The Labute approximate surface area is 107 Å². The molecule has 0 aliphatic carbocycles. The Balaban J connectivity index is 3.03. The normalized spacial score (nSPS) is 14.6. The van der Waals surface area contributed by atoms with Gasteiger partial charge >= 0.3 is 5.97 Å². The lowest BCUT2D eigenvalue weighted by atomic mass is 9.79. The zero-order valence-electron chi connectivity index (χ0n) is 10.4. The number of carboxylic acids is 1. The maximum Gasteiger partial charge on any atom is 0.313 e. The van der Waals surface area contributed by atoms with Crippen LogP contribution in [0.25, 0.3) is 0 Å². The molecule has 17 heavy (non-hydrogen) atoms. The molecular weight excluding hydrogens is 238 g/mol. The summed E-state index contributed by atoms with van der Waals surface area (Å²) in [7, 11) is 3.86. The predicted octanol–water partition coefficient (Wildman–Crippen LogP) is 2.63. The van der Waals surface area contributed by atoms with Gasteiger partial charge in [-0.25, -0.2) is 0 Å². The summed E-state index contributed by atoms with van der Waals surface area (Å²) < 4.78 is 0. The van der Waals surface area contributed by atoms with Crippen molar-refractivity contribution in [2.75, 3.05) is 20.6 Å². The molecule has 1 aromatic carbocycles. The Hall–Kier alpha value is -1.06. The van der Waals surface area contributed by atoms with Crippen molar-refractivity contribution in [3.63, 3.8) is 0 Å². The molecule has 3 nitrogen and oxygen atoms in total. The molecule has 0 aliphatic heterocycles. The third-order valence-corrected chi connectivity index (χ3v) is 3.23. The summed E-state index contributed by atoms with van der Waals surface area (Å²) in [4.78, 5) is 13.5. The first kappa shape index (κ1) is 14.0. The molecule has 0 aromatic heterocycles.